The number of ketones is 1. The van der Waals surface area contributed by atoms with Gasteiger partial charge in [-0.25, -0.2) is 9.80 Å². The largest absolute Gasteiger partial charge is 0.480 e. The number of carbonyl (C=O) groups excluding carboxylic acids is 1. The number of carboxylic acid groups (broad SMARTS) is 1. The molecule has 1 unspecified atom stereocenters. The van der Waals surface area contributed by atoms with E-state index in [0.717, 1.165) is 5.01 Å². The summed E-state index contributed by atoms with van der Waals surface area (Å²) in [5.41, 5.74) is 0.593. The lowest BCUT2D eigenvalue weighted by atomic mass is 10.1. The number of nitrogens with zero attached hydrogens (tertiary/aromatic N) is 3. The number of piperazine rings is 1. The van der Waals surface area contributed by atoms with Crippen molar-refractivity contribution in [2.24, 2.45) is 5.29 Å². The van der Waals surface area contributed by atoms with Crippen molar-refractivity contribution in [3.05, 3.63) is 40.8 Å². The second-order valence-corrected chi connectivity index (χ2v) is 4.62. The molecule has 1 aliphatic rings. The normalized spacial score (nSPS) is 19.6. The van der Waals surface area contributed by atoms with Crippen LogP contribution in [0.1, 0.15) is 10.4 Å². The summed E-state index contributed by atoms with van der Waals surface area (Å²) in [4.78, 5) is 35.4. The molecule has 0 aliphatic carbocycles. The van der Waals surface area contributed by atoms with Crippen molar-refractivity contribution >= 4 is 11.8 Å². The van der Waals surface area contributed by atoms with Crippen molar-refractivity contribution in [3.63, 3.8) is 0 Å². The van der Waals surface area contributed by atoms with Crippen LogP contribution in [-0.4, -0.2) is 59.0 Å². The Labute approximate surface area is 115 Å². The number of Topliss-reactive ketones (excluding diaryl/α,β-unsaturated/α-hetero) is 1. The van der Waals surface area contributed by atoms with Crippen LogP contribution in [0.15, 0.2) is 35.6 Å². The Hall–Kier alpha value is -2.28. The van der Waals surface area contributed by atoms with Crippen molar-refractivity contribution in [1.29, 1.82) is 0 Å². The Kier molecular flexibility index (Phi) is 4.41. The first kappa shape index (κ1) is 14.1. The second kappa shape index (κ2) is 6.25. The third-order valence-corrected chi connectivity index (χ3v) is 3.29. The summed E-state index contributed by atoms with van der Waals surface area (Å²) in [6.07, 6.45) is 0. The summed E-state index contributed by atoms with van der Waals surface area (Å²) in [5, 5.41) is 12.8. The fraction of sp³-hybridized carbons (Fsp3) is 0.385. The molecule has 1 aliphatic heterocycles. The lowest BCUT2D eigenvalue weighted by molar-refractivity contribution is -0.145. The smallest absolute Gasteiger partial charge is 0.329 e. The maximum atomic E-state index is 12.1. The first-order chi connectivity index (χ1) is 9.61. The highest BCUT2D eigenvalue weighted by Gasteiger charge is 2.33. The van der Waals surface area contributed by atoms with E-state index in [1.54, 1.807) is 29.2 Å². The maximum absolute atomic E-state index is 12.1. The maximum Gasteiger partial charge on any atom is 0.329 e. The summed E-state index contributed by atoms with van der Waals surface area (Å²) in [6.45, 7) is 0.900. The van der Waals surface area contributed by atoms with Gasteiger partial charge in [-0.05, 0) is 0 Å². The second-order valence-electron chi connectivity index (χ2n) is 4.62. The minimum atomic E-state index is -1.11. The van der Waals surface area contributed by atoms with E-state index in [9.17, 15) is 14.5 Å². The average molecular weight is 277 g/mol. The van der Waals surface area contributed by atoms with Crippen LogP contribution in [0.5, 0.6) is 0 Å². The summed E-state index contributed by atoms with van der Waals surface area (Å²) >= 11 is 0. The van der Waals surface area contributed by atoms with Gasteiger partial charge < -0.3 is 5.11 Å². The van der Waals surface area contributed by atoms with E-state index in [2.05, 4.69) is 5.29 Å². The molecule has 0 bridgehead atoms. The van der Waals surface area contributed by atoms with Gasteiger partial charge in [-0.2, -0.15) is 0 Å². The fourth-order valence-electron chi connectivity index (χ4n) is 2.20. The molecule has 7 nitrogen and oxygen atoms in total. The molecule has 1 heterocycles. The van der Waals surface area contributed by atoms with E-state index in [-0.39, 0.29) is 25.4 Å². The zero-order valence-corrected chi connectivity index (χ0v) is 10.8. The van der Waals surface area contributed by atoms with Gasteiger partial charge in [0.25, 0.3) is 0 Å². The summed E-state index contributed by atoms with van der Waals surface area (Å²) in [7, 11) is 0. The van der Waals surface area contributed by atoms with Crippen LogP contribution in [0.4, 0.5) is 0 Å². The number of rotatable bonds is 5. The van der Waals surface area contributed by atoms with Crippen LogP contribution in [0.25, 0.3) is 0 Å². The number of aliphatic carboxylic acids is 1. The lowest BCUT2D eigenvalue weighted by Crippen LogP contribution is -2.55. The van der Waals surface area contributed by atoms with Crippen molar-refractivity contribution in [1.82, 2.24) is 9.91 Å². The number of hydrogen-bond donors (Lipinski definition) is 1. The Morgan fingerprint density at radius 2 is 1.95 bits per heavy atom. The first-order valence-electron chi connectivity index (χ1n) is 6.25. The molecule has 0 radical (unpaired) electrons. The molecule has 1 atom stereocenters. The van der Waals surface area contributed by atoms with E-state index >= 15 is 0 Å². The van der Waals surface area contributed by atoms with Gasteiger partial charge in [0, 0.05) is 18.7 Å². The Balaban J connectivity index is 1.99. The highest BCUT2D eigenvalue weighted by Crippen LogP contribution is 2.11. The minimum Gasteiger partial charge on any atom is -0.480 e. The van der Waals surface area contributed by atoms with E-state index in [1.807, 2.05) is 6.07 Å². The zero-order valence-electron chi connectivity index (χ0n) is 10.8. The quantitative estimate of drug-likeness (QED) is 0.627. The first-order valence-corrected chi connectivity index (χ1v) is 6.25. The highest BCUT2D eigenvalue weighted by molar-refractivity contribution is 5.97. The topological polar surface area (TPSA) is 90.3 Å². The molecule has 0 saturated carbocycles. The molecule has 7 heteroatoms. The van der Waals surface area contributed by atoms with Gasteiger partial charge in [-0.1, -0.05) is 30.3 Å². The number of nitroso groups, excluding NO2 is 1. The monoisotopic (exact) mass is 277 g/mol. The van der Waals surface area contributed by atoms with Crippen LogP contribution in [-0.2, 0) is 4.79 Å². The molecular formula is C13H15N3O4. The van der Waals surface area contributed by atoms with Crippen LogP contribution in [0, 0.1) is 4.91 Å². The van der Waals surface area contributed by atoms with Crippen LogP contribution in [0.3, 0.4) is 0 Å². The molecule has 1 N–H and O–H groups in total. The van der Waals surface area contributed by atoms with Gasteiger partial charge in [0.2, 0.25) is 0 Å². The SMILES string of the molecule is O=NN1CCN(CC(=O)c2ccccc2)CC1C(=O)O. The third kappa shape index (κ3) is 3.18. The van der Waals surface area contributed by atoms with E-state index in [1.165, 1.54) is 0 Å². The van der Waals surface area contributed by atoms with Crippen molar-refractivity contribution < 1.29 is 14.7 Å². The number of carboxylic acids is 1. The summed E-state index contributed by atoms with van der Waals surface area (Å²) in [6, 6.07) is 7.83. The van der Waals surface area contributed by atoms with E-state index < -0.39 is 12.0 Å². The molecule has 20 heavy (non-hydrogen) atoms. The molecule has 106 valence electrons. The predicted molar refractivity (Wildman–Crippen MR) is 71.1 cm³/mol. The molecule has 0 amide bonds. The number of hydrogen-bond acceptors (Lipinski definition) is 5. The van der Waals surface area contributed by atoms with Crippen molar-refractivity contribution in [2.75, 3.05) is 26.2 Å². The molecular weight excluding hydrogens is 262 g/mol. The van der Waals surface area contributed by atoms with E-state index in [0.29, 0.717) is 12.1 Å². The Morgan fingerprint density at radius 1 is 1.25 bits per heavy atom. The average Bonchev–Trinajstić information content (AvgIpc) is 2.48. The molecule has 1 saturated heterocycles. The molecule has 0 spiro atoms. The zero-order chi connectivity index (χ0) is 14.5. The molecule has 2 rings (SSSR count). The highest BCUT2D eigenvalue weighted by atomic mass is 16.4. The predicted octanol–water partition coefficient (Wildman–Crippen LogP) is 0.622. The summed E-state index contributed by atoms with van der Waals surface area (Å²) in [5.74, 6) is -1.18. The third-order valence-electron chi connectivity index (χ3n) is 3.29. The standard InChI is InChI=1S/C13H15N3O4/c17-12(10-4-2-1-3-5-10)9-15-6-7-16(14-20)11(8-15)13(18)19/h1-5,11H,6-9H2,(H,18,19). The van der Waals surface area contributed by atoms with Gasteiger partial charge in [0.05, 0.1) is 18.4 Å². The van der Waals surface area contributed by atoms with Crippen molar-refractivity contribution in [2.45, 2.75) is 6.04 Å². The molecule has 0 aromatic heterocycles. The van der Waals surface area contributed by atoms with Gasteiger partial charge in [0.1, 0.15) is 0 Å². The van der Waals surface area contributed by atoms with Crippen LogP contribution in [0.2, 0.25) is 0 Å². The van der Waals surface area contributed by atoms with Gasteiger partial charge in [-0.15, -0.1) is 4.91 Å². The van der Waals surface area contributed by atoms with E-state index in [4.69, 9.17) is 5.11 Å². The van der Waals surface area contributed by atoms with Gasteiger partial charge in [0.15, 0.2) is 11.8 Å². The van der Waals surface area contributed by atoms with Crippen LogP contribution < -0.4 is 0 Å². The van der Waals surface area contributed by atoms with Crippen LogP contribution >= 0.6 is 0 Å². The lowest BCUT2D eigenvalue weighted by Gasteiger charge is -2.35. The number of benzene rings is 1. The molecule has 1 fully saturated rings. The Bertz CT molecular complexity index is 506. The molecule has 1 aromatic carbocycles. The fourth-order valence-corrected chi connectivity index (χ4v) is 2.20. The van der Waals surface area contributed by atoms with Gasteiger partial charge in [-0.3, -0.25) is 9.69 Å². The number of carbonyl (C=O) groups is 2. The Morgan fingerprint density at radius 3 is 2.55 bits per heavy atom. The van der Waals surface area contributed by atoms with Gasteiger partial charge >= 0.3 is 5.97 Å². The summed E-state index contributed by atoms with van der Waals surface area (Å²) < 4.78 is 0. The van der Waals surface area contributed by atoms with Crippen molar-refractivity contribution in [3.8, 4) is 0 Å². The minimum absolute atomic E-state index is 0.0674. The molecule has 1 aromatic rings.